The molecule has 1 aliphatic rings. The van der Waals surface area contributed by atoms with Gasteiger partial charge in [-0.2, -0.15) is 13.2 Å². The number of carbonyl (C=O) groups excluding carboxylic acids is 1. The minimum Gasteiger partial charge on any atom is -0.298 e. The highest BCUT2D eigenvalue weighted by Crippen LogP contribution is 2.35. The van der Waals surface area contributed by atoms with E-state index in [1.54, 1.807) is 6.07 Å². The molecule has 0 amide bonds. The van der Waals surface area contributed by atoms with Crippen molar-refractivity contribution in [3.8, 4) is 0 Å². The monoisotopic (exact) mass is 334 g/mol. The van der Waals surface area contributed by atoms with Gasteiger partial charge in [-0.05, 0) is 43.4 Å². The molecule has 0 aromatic heterocycles. The molecule has 1 fully saturated rings. The SMILES string of the molecule is Cc1ccc(CC(Br)C(=O)C2CC2)cc1C(F)(F)F. The van der Waals surface area contributed by atoms with Gasteiger partial charge >= 0.3 is 6.18 Å². The Labute approximate surface area is 118 Å². The van der Waals surface area contributed by atoms with Crippen LogP contribution in [0.3, 0.4) is 0 Å². The number of halogens is 4. The Morgan fingerprint density at radius 3 is 2.58 bits per heavy atom. The third kappa shape index (κ3) is 3.59. The minimum absolute atomic E-state index is 0.106. The smallest absolute Gasteiger partial charge is 0.298 e. The van der Waals surface area contributed by atoms with Crippen molar-refractivity contribution >= 4 is 21.7 Å². The number of ketones is 1. The van der Waals surface area contributed by atoms with Crippen LogP contribution in [0.2, 0.25) is 0 Å². The molecule has 2 rings (SSSR count). The molecule has 1 atom stereocenters. The van der Waals surface area contributed by atoms with Crippen LogP contribution >= 0.6 is 15.9 Å². The van der Waals surface area contributed by atoms with Crippen molar-refractivity contribution < 1.29 is 18.0 Å². The summed E-state index contributed by atoms with van der Waals surface area (Å²) in [5.41, 5.74) is 0.119. The zero-order valence-electron chi connectivity index (χ0n) is 10.4. The van der Waals surface area contributed by atoms with Crippen LogP contribution in [0.15, 0.2) is 18.2 Å². The van der Waals surface area contributed by atoms with Crippen molar-refractivity contribution in [1.29, 1.82) is 0 Å². The number of carbonyl (C=O) groups is 1. The van der Waals surface area contributed by atoms with Gasteiger partial charge in [0.15, 0.2) is 0 Å². The van der Waals surface area contributed by atoms with Crippen molar-refractivity contribution in [3.05, 3.63) is 34.9 Å². The normalized spacial score (nSPS) is 17.3. The summed E-state index contributed by atoms with van der Waals surface area (Å²) in [5, 5.41) is 0. The molecular weight excluding hydrogens is 321 g/mol. The molecule has 0 radical (unpaired) electrons. The maximum absolute atomic E-state index is 12.8. The average molecular weight is 335 g/mol. The van der Waals surface area contributed by atoms with E-state index in [-0.39, 0.29) is 22.1 Å². The van der Waals surface area contributed by atoms with E-state index in [0.717, 1.165) is 18.9 Å². The highest BCUT2D eigenvalue weighted by molar-refractivity contribution is 9.10. The predicted octanol–water partition coefficient (Wildman–Crippen LogP) is 4.30. The number of benzene rings is 1. The number of hydrogen-bond donors (Lipinski definition) is 0. The number of aryl methyl sites for hydroxylation is 1. The Morgan fingerprint density at radius 1 is 1.42 bits per heavy atom. The van der Waals surface area contributed by atoms with Crippen molar-refractivity contribution in [2.24, 2.45) is 5.92 Å². The zero-order valence-corrected chi connectivity index (χ0v) is 12.0. The first-order valence-electron chi connectivity index (χ1n) is 6.13. The molecule has 0 aliphatic heterocycles. The second-order valence-corrected chi connectivity index (χ2v) is 6.10. The van der Waals surface area contributed by atoms with Crippen LogP contribution in [0.25, 0.3) is 0 Å². The van der Waals surface area contributed by atoms with Crippen LogP contribution in [0, 0.1) is 12.8 Å². The lowest BCUT2D eigenvalue weighted by Crippen LogP contribution is -2.19. The zero-order chi connectivity index (χ0) is 14.2. The molecule has 0 N–H and O–H groups in total. The van der Waals surface area contributed by atoms with Crippen molar-refractivity contribution in [2.75, 3.05) is 0 Å². The second kappa shape index (κ2) is 5.27. The Kier molecular flexibility index (Phi) is 4.04. The van der Waals surface area contributed by atoms with Crippen molar-refractivity contribution in [1.82, 2.24) is 0 Å². The lowest BCUT2D eigenvalue weighted by atomic mass is 10.00. The Balaban J connectivity index is 2.14. The van der Waals surface area contributed by atoms with Crippen LogP contribution in [0.1, 0.15) is 29.5 Å². The van der Waals surface area contributed by atoms with Crippen LogP contribution < -0.4 is 0 Å². The summed E-state index contributed by atoms with van der Waals surface area (Å²) >= 11 is 3.28. The van der Waals surface area contributed by atoms with Gasteiger partial charge in [-0.15, -0.1) is 0 Å². The van der Waals surface area contributed by atoms with E-state index in [2.05, 4.69) is 15.9 Å². The summed E-state index contributed by atoms with van der Waals surface area (Å²) in [6.45, 7) is 1.44. The Bertz CT molecular complexity index is 492. The van der Waals surface area contributed by atoms with E-state index in [9.17, 15) is 18.0 Å². The van der Waals surface area contributed by atoms with Gasteiger partial charge in [0.2, 0.25) is 0 Å². The fraction of sp³-hybridized carbons (Fsp3) is 0.500. The summed E-state index contributed by atoms with van der Waals surface area (Å²) in [7, 11) is 0. The molecule has 1 unspecified atom stereocenters. The molecule has 0 spiro atoms. The number of Topliss-reactive ketones (excluding diaryl/α,β-unsaturated/α-hetero) is 1. The largest absolute Gasteiger partial charge is 0.416 e. The van der Waals surface area contributed by atoms with Gasteiger partial charge in [0.05, 0.1) is 10.4 Å². The molecular formula is C14H14BrF3O. The van der Waals surface area contributed by atoms with Gasteiger partial charge in [0, 0.05) is 5.92 Å². The summed E-state index contributed by atoms with van der Waals surface area (Å²) in [4.78, 5) is 11.4. The van der Waals surface area contributed by atoms with Gasteiger partial charge in [0.25, 0.3) is 0 Å². The van der Waals surface area contributed by atoms with Gasteiger partial charge in [-0.1, -0.05) is 28.1 Å². The fourth-order valence-electron chi connectivity index (χ4n) is 2.03. The summed E-state index contributed by atoms with van der Waals surface area (Å²) in [6.07, 6.45) is -2.23. The summed E-state index contributed by atoms with van der Waals surface area (Å²) in [6, 6.07) is 4.25. The predicted molar refractivity (Wildman–Crippen MR) is 70.3 cm³/mol. The highest BCUT2D eigenvalue weighted by atomic mass is 79.9. The Morgan fingerprint density at radius 2 is 2.05 bits per heavy atom. The van der Waals surface area contributed by atoms with E-state index >= 15 is 0 Å². The van der Waals surface area contributed by atoms with Crippen LogP contribution in [0.5, 0.6) is 0 Å². The molecule has 104 valence electrons. The first-order valence-corrected chi connectivity index (χ1v) is 7.05. The molecule has 0 bridgehead atoms. The van der Waals surface area contributed by atoms with E-state index in [1.807, 2.05) is 0 Å². The van der Waals surface area contributed by atoms with Gasteiger partial charge < -0.3 is 0 Å². The van der Waals surface area contributed by atoms with Crippen molar-refractivity contribution in [3.63, 3.8) is 0 Å². The first-order chi connectivity index (χ1) is 8.79. The molecule has 1 aromatic rings. The lowest BCUT2D eigenvalue weighted by Gasteiger charge is -2.13. The quantitative estimate of drug-likeness (QED) is 0.750. The molecule has 19 heavy (non-hydrogen) atoms. The minimum atomic E-state index is -4.34. The third-order valence-corrected chi connectivity index (χ3v) is 4.09. The van der Waals surface area contributed by atoms with Gasteiger partial charge in [-0.3, -0.25) is 4.79 Å². The maximum atomic E-state index is 12.8. The number of rotatable bonds is 4. The van der Waals surface area contributed by atoms with Crippen LogP contribution in [-0.4, -0.2) is 10.6 Å². The average Bonchev–Trinajstić information content (AvgIpc) is 3.13. The summed E-state index contributed by atoms with van der Waals surface area (Å²) in [5.74, 6) is 0.214. The van der Waals surface area contributed by atoms with Gasteiger partial charge in [0.1, 0.15) is 5.78 Å². The van der Waals surface area contributed by atoms with Crippen molar-refractivity contribution in [2.45, 2.75) is 37.2 Å². The molecule has 1 nitrogen and oxygen atoms in total. The maximum Gasteiger partial charge on any atom is 0.416 e. The number of hydrogen-bond acceptors (Lipinski definition) is 1. The van der Waals surface area contributed by atoms with E-state index in [4.69, 9.17) is 0 Å². The van der Waals surface area contributed by atoms with Gasteiger partial charge in [-0.25, -0.2) is 0 Å². The molecule has 0 heterocycles. The van der Waals surface area contributed by atoms with Crippen LogP contribution in [-0.2, 0) is 17.4 Å². The first kappa shape index (κ1) is 14.6. The number of alkyl halides is 4. The van der Waals surface area contributed by atoms with Crippen LogP contribution in [0.4, 0.5) is 13.2 Å². The fourth-order valence-corrected chi connectivity index (χ4v) is 2.78. The molecule has 1 aromatic carbocycles. The molecule has 1 aliphatic carbocycles. The molecule has 0 saturated heterocycles. The third-order valence-electron chi connectivity index (χ3n) is 3.31. The topological polar surface area (TPSA) is 17.1 Å². The van der Waals surface area contributed by atoms with E-state index in [1.165, 1.54) is 13.0 Å². The standard InChI is InChI=1S/C14H14BrF3O/c1-8-2-3-9(6-11(8)14(16,17)18)7-12(15)13(19)10-4-5-10/h2-3,6,10,12H,4-5,7H2,1H3. The Hall–Kier alpha value is -0.840. The van der Waals surface area contributed by atoms with E-state index < -0.39 is 11.7 Å². The molecule has 1 saturated carbocycles. The summed E-state index contributed by atoms with van der Waals surface area (Å²) < 4.78 is 38.4. The highest BCUT2D eigenvalue weighted by Gasteiger charge is 2.35. The molecule has 5 heteroatoms. The van der Waals surface area contributed by atoms with E-state index in [0.29, 0.717) is 12.0 Å². The lowest BCUT2D eigenvalue weighted by molar-refractivity contribution is -0.138. The second-order valence-electron chi connectivity index (χ2n) is 5.00.